The number of para-hydroxylation sites is 2. The molecule has 0 fully saturated rings. The van der Waals surface area contributed by atoms with Crippen LogP contribution in [-0.4, -0.2) is 4.57 Å². The van der Waals surface area contributed by atoms with Gasteiger partial charge >= 0.3 is 0 Å². The summed E-state index contributed by atoms with van der Waals surface area (Å²) in [6.45, 7) is 0. The van der Waals surface area contributed by atoms with Gasteiger partial charge in [0, 0.05) is 47.4 Å². The van der Waals surface area contributed by atoms with Crippen molar-refractivity contribution in [2.45, 2.75) is 0 Å². The Bertz CT molecular complexity index is 2740. The van der Waals surface area contributed by atoms with E-state index in [1.807, 2.05) is 23.5 Å². The van der Waals surface area contributed by atoms with Crippen LogP contribution in [0, 0.1) is 0 Å². The molecule has 2 nitrogen and oxygen atoms in total. The molecule has 3 heterocycles. The van der Waals surface area contributed by atoms with Gasteiger partial charge in [-0.15, -0.1) is 11.3 Å². The molecule has 43 heavy (non-hydrogen) atoms. The van der Waals surface area contributed by atoms with Crippen molar-refractivity contribution in [3.05, 3.63) is 140 Å². The highest BCUT2D eigenvalue weighted by molar-refractivity contribution is 7.26. The van der Waals surface area contributed by atoms with E-state index >= 15 is 0 Å². The van der Waals surface area contributed by atoms with Crippen LogP contribution in [0.15, 0.2) is 144 Å². The maximum atomic E-state index is 6.21. The monoisotopic (exact) mass is 565 g/mol. The molecule has 0 saturated heterocycles. The lowest BCUT2D eigenvalue weighted by molar-refractivity contribution is 0.669. The van der Waals surface area contributed by atoms with E-state index < -0.39 is 0 Å². The molecule has 0 N–H and O–H groups in total. The van der Waals surface area contributed by atoms with Crippen LogP contribution < -0.4 is 0 Å². The molecule has 0 aliphatic rings. The maximum Gasteiger partial charge on any atom is 0.135 e. The van der Waals surface area contributed by atoms with Gasteiger partial charge < -0.3 is 8.98 Å². The Kier molecular flexibility index (Phi) is 4.63. The van der Waals surface area contributed by atoms with Gasteiger partial charge in [0.05, 0.1) is 11.0 Å². The van der Waals surface area contributed by atoms with Crippen molar-refractivity contribution in [2.24, 2.45) is 0 Å². The lowest BCUT2D eigenvalue weighted by Gasteiger charge is -2.12. The summed E-state index contributed by atoms with van der Waals surface area (Å²) in [5, 5.41) is 9.96. The first kappa shape index (κ1) is 23.2. The Morgan fingerprint density at radius 3 is 2.16 bits per heavy atom. The highest BCUT2D eigenvalue weighted by Gasteiger charge is 2.22. The molecule has 10 rings (SSSR count). The molecular formula is C40H23NOS. The van der Waals surface area contributed by atoms with Gasteiger partial charge in [0.25, 0.3) is 0 Å². The zero-order chi connectivity index (χ0) is 28.1. The minimum absolute atomic E-state index is 0.919. The third-order valence-corrected chi connectivity index (χ3v) is 10.1. The molecule has 0 bridgehead atoms. The minimum Gasteiger partial charge on any atom is -0.456 e. The van der Waals surface area contributed by atoms with Crippen molar-refractivity contribution in [3.8, 4) is 16.8 Å². The van der Waals surface area contributed by atoms with Crippen molar-refractivity contribution in [1.29, 1.82) is 0 Å². The number of thiophene rings is 1. The lowest BCUT2D eigenvalue weighted by atomic mass is 9.96. The van der Waals surface area contributed by atoms with E-state index in [-0.39, 0.29) is 0 Å². The minimum atomic E-state index is 0.919. The number of hydrogen-bond donors (Lipinski definition) is 0. The van der Waals surface area contributed by atoms with Crippen molar-refractivity contribution < 1.29 is 4.42 Å². The van der Waals surface area contributed by atoms with E-state index in [0.717, 1.165) is 21.9 Å². The van der Waals surface area contributed by atoms with Crippen LogP contribution in [0.3, 0.4) is 0 Å². The summed E-state index contributed by atoms with van der Waals surface area (Å²) in [7, 11) is 0. The fourth-order valence-electron chi connectivity index (χ4n) is 7.07. The van der Waals surface area contributed by atoms with E-state index in [2.05, 4.69) is 132 Å². The molecule has 0 saturated carbocycles. The van der Waals surface area contributed by atoms with Crippen molar-refractivity contribution in [2.75, 3.05) is 0 Å². The Morgan fingerprint density at radius 2 is 1.23 bits per heavy atom. The molecule has 3 aromatic heterocycles. The second-order valence-corrected chi connectivity index (χ2v) is 12.4. The van der Waals surface area contributed by atoms with Crippen molar-refractivity contribution in [1.82, 2.24) is 4.57 Å². The van der Waals surface area contributed by atoms with Crippen LogP contribution in [0.1, 0.15) is 0 Å². The zero-order valence-corrected chi connectivity index (χ0v) is 23.9. The highest BCUT2D eigenvalue weighted by Crippen LogP contribution is 2.48. The molecule has 0 aliphatic carbocycles. The standard InChI is InChI=1S/C40H23NOS/c1-2-10-25-21-27(19-17-24(25)9-1)41-33-14-6-3-12-29(33)38-31(23-37-39(40(38)41)30-13-5-8-16-36(30)43-37)26-18-20-35-32(22-26)28-11-4-7-15-34(28)42-35/h1-23H. The van der Waals surface area contributed by atoms with Crippen LogP contribution in [-0.2, 0) is 0 Å². The second-order valence-electron chi connectivity index (χ2n) is 11.3. The van der Waals surface area contributed by atoms with Gasteiger partial charge in [-0.2, -0.15) is 0 Å². The van der Waals surface area contributed by atoms with Gasteiger partial charge in [-0.05, 0) is 70.4 Å². The van der Waals surface area contributed by atoms with Gasteiger partial charge in [0.15, 0.2) is 0 Å². The van der Waals surface area contributed by atoms with Crippen LogP contribution in [0.25, 0.3) is 91.5 Å². The second kappa shape index (κ2) is 8.57. The van der Waals surface area contributed by atoms with Gasteiger partial charge in [0.1, 0.15) is 11.2 Å². The number of hydrogen-bond acceptors (Lipinski definition) is 2. The summed E-state index contributed by atoms with van der Waals surface area (Å²) < 4.78 is 11.3. The van der Waals surface area contributed by atoms with Gasteiger partial charge in [-0.3, -0.25) is 0 Å². The molecule has 10 aromatic rings. The van der Waals surface area contributed by atoms with Crippen LogP contribution in [0.4, 0.5) is 0 Å². The predicted octanol–water partition coefficient (Wildman–Crippen LogP) is 11.9. The van der Waals surface area contributed by atoms with Gasteiger partial charge in [0.2, 0.25) is 0 Å². The average molecular weight is 566 g/mol. The molecule has 0 radical (unpaired) electrons. The normalized spacial score (nSPS) is 12.2. The first-order chi connectivity index (χ1) is 21.3. The van der Waals surface area contributed by atoms with Crippen LogP contribution in [0.2, 0.25) is 0 Å². The van der Waals surface area contributed by atoms with Crippen LogP contribution in [0.5, 0.6) is 0 Å². The SMILES string of the molecule is c1ccc2cc(-n3c4ccccc4c4c(-c5ccc6oc7ccccc7c6c5)cc5sc6ccccc6c5c43)ccc2c1. The Hall–Kier alpha value is -5.38. The summed E-state index contributed by atoms with van der Waals surface area (Å²) in [5.74, 6) is 0. The van der Waals surface area contributed by atoms with E-state index in [0.29, 0.717) is 0 Å². The first-order valence-electron chi connectivity index (χ1n) is 14.6. The quantitative estimate of drug-likeness (QED) is 0.204. The molecular weight excluding hydrogens is 543 g/mol. The smallest absolute Gasteiger partial charge is 0.135 e. The third-order valence-electron chi connectivity index (χ3n) is 8.96. The van der Waals surface area contributed by atoms with Gasteiger partial charge in [-0.1, -0.05) is 91.0 Å². The highest BCUT2D eigenvalue weighted by atomic mass is 32.1. The lowest BCUT2D eigenvalue weighted by Crippen LogP contribution is -1.94. The number of furan rings is 1. The third kappa shape index (κ3) is 3.23. The fraction of sp³-hybridized carbons (Fsp3) is 0. The number of fused-ring (bicyclic) bond motifs is 11. The summed E-state index contributed by atoms with van der Waals surface area (Å²) in [5.41, 5.74) is 7.94. The number of aromatic nitrogens is 1. The van der Waals surface area contributed by atoms with E-state index in [1.54, 1.807) is 0 Å². The maximum absolute atomic E-state index is 6.21. The van der Waals surface area contributed by atoms with Crippen LogP contribution >= 0.6 is 11.3 Å². The summed E-state index contributed by atoms with van der Waals surface area (Å²) >= 11 is 1.88. The van der Waals surface area contributed by atoms with Crippen molar-refractivity contribution >= 4 is 86.0 Å². The zero-order valence-electron chi connectivity index (χ0n) is 23.0. The Labute approximate surface area is 250 Å². The van der Waals surface area contributed by atoms with Crippen molar-refractivity contribution in [3.63, 3.8) is 0 Å². The molecule has 0 amide bonds. The largest absolute Gasteiger partial charge is 0.456 e. The molecule has 0 unspecified atom stereocenters. The predicted molar refractivity (Wildman–Crippen MR) is 184 cm³/mol. The summed E-state index contributed by atoms with van der Waals surface area (Å²) in [6.07, 6.45) is 0. The first-order valence-corrected chi connectivity index (χ1v) is 15.4. The van der Waals surface area contributed by atoms with E-state index in [4.69, 9.17) is 4.42 Å². The molecule has 0 spiro atoms. The molecule has 200 valence electrons. The van der Waals surface area contributed by atoms with E-state index in [1.165, 1.54) is 69.6 Å². The molecule has 0 atom stereocenters. The van der Waals surface area contributed by atoms with E-state index in [9.17, 15) is 0 Å². The Balaban J connectivity index is 1.41. The number of benzene rings is 7. The average Bonchev–Trinajstić information content (AvgIpc) is 3.73. The molecule has 3 heteroatoms. The number of rotatable bonds is 2. The number of nitrogens with zero attached hydrogens (tertiary/aromatic N) is 1. The topological polar surface area (TPSA) is 18.1 Å². The fourth-order valence-corrected chi connectivity index (χ4v) is 8.22. The summed E-state index contributed by atoms with van der Waals surface area (Å²) in [4.78, 5) is 0. The molecule has 7 aromatic carbocycles. The Morgan fingerprint density at radius 1 is 0.488 bits per heavy atom. The summed E-state index contributed by atoms with van der Waals surface area (Å²) in [6, 6.07) is 50.6. The molecule has 0 aliphatic heterocycles. The van der Waals surface area contributed by atoms with Gasteiger partial charge in [-0.25, -0.2) is 0 Å².